The van der Waals surface area contributed by atoms with Crippen LogP contribution in [0.5, 0.6) is 0 Å². The van der Waals surface area contributed by atoms with Crippen LogP contribution in [-0.2, 0) is 14.2 Å². The van der Waals surface area contributed by atoms with Crippen molar-refractivity contribution >= 4 is 6.09 Å². The second kappa shape index (κ2) is 10.9. The van der Waals surface area contributed by atoms with E-state index in [-0.39, 0.29) is 12.2 Å². The summed E-state index contributed by atoms with van der Waals surface area (Å²) in [5, 5.41) is 0. The van der Waals surface area contributed by atoms with E-state index in [0.29, 0.717) is 0 Å². The number of hydrogen-bond donors (Lipinski definition) is 0. The lowest BCUT2D eigenvalue weighted by Gasteiger charge is -2.34. The molecule has 0 aromatic rings. The highest BCUT2D eigenvalue weighted by Crippen LogP contribution is 2.17. The second-order valence-corrected chi connectivity index (χ2v) is 6.99. The van der Waals surface area contributed by atoms with E-state index in [1.54, 1.807) is 4.90 Å². The van der Waals surface area contributed by atoms with E-state index < -0.39 is 5.60 Å². The Labute approximate surface area is 147 Å². The molecular formula is C18H36N2O4. The minimum Gasteiger partial charge on any atom is -0.444 e. The van der Waals surface area contributed by atoms with Crippen LogP contribution in [0.25, 0.3) is 0 Å². The van der Waals surface area contributed by atoms with Gasteiger partial charge in [-0.05, 0) is 33.6 Å². The van der Waals surface area contributed by atoms with Crippen molar-refractivity contribution in [1.29, 1.82) is 0 Å². The van der Waals surface area contributed by atoms with Gasteiger partial charge in [0.25, 0.3) is 0 Å². The summed E-state index contributed by atoms with van der Waals surface area (Å²) in [6.45, 7) is 16.5. The van der Waals surface area contributed by atoms with E-state index in [0.717, 1.165) is 65.4 Å². The number of likely N-dealkylation sites (tertiary alicyclic amines) is 1. The van der Waals surface area contributed by atoms with Crippen LogP contribution in [0.4, 0.5) is 4.79 Å². The van der Waals surface area contributed by atoms with Crippen LogP contribution >= 0.6 is 0 Å². The normalized spacial score (nSPS) is 20.3. The highest BCUT2D eigenvalue weighted by Gasteiger charge is 2.27. The summed E-state index contributed by atoms with van der Waals surface area (Å²) in [4.78, 5) is 16.1. The van der Waals surface area contributed by atoms with Crippen molar-refractivity contribution in [3.05, 3.63) is 0 Å². The molecule has 0 aromatic carbocycles. The van der Waals surface area contributed by atoms with Crippen LogP contribution in [0.1, 0.15) is 47.5 Å². The Morgan fingerprint density at radius 3 is 2.21 bits per heavy atom. The fourth-order valence-electron chi connectivity index (χ4n) is 2.70. The van der Waals surface area contributed by atoms with E-state index in [1.807, 2.05) is 34.6 Å². The molecule has 2 rings (SSSR count). The van der Waals surface area contributed by atoms with Crippen LogP contribution in [0.2, 0.25) is 0 Å². The highest BCUT2D eigenvalue weighted by atomic mass is 16.6. The molecule has 2 heterocycles. The molecule has 1 amide bonds. The number of carbonyl (C=O) groups excluding carboxylic acids is 1. The highest BCUT2D eigenvalue weighted by molar-refractivity contribution is 5.68. The molecule has 2 fully saturated rings. The zero-order valence-corrected chi connectivity index (χ0v) is 16.2. The summed E-state index contributed by atoms with van der Waals surface area (Å²) >= 11 is 0. The van der Waals surface area contributed by atoms with Gasteiger partial charge in [-0.2, -0.15) is 0 Å². The van der Waals surface area contributed by atoms with Crippen molar-refractivity contribution in [2.75, 3.05) is 52.5 Å². The van der Waals surface area contributed by atoms with Crippen molar-refractivity contribution in [2.45, 2.75) is 59.2 Å². The van der Waals surface area contributed by atoms with Gasteiger partial charge in [0.15, 0.2) is 0 Å². The largest absolute Gasteiger partial charge is 0.444 e. The van der Waals surface area contributed by atoms with E-state index in [4.69, 9.17) is 14.2 Å². The Kier molecular flexibility index (Phi) is 9.63. The van der Waals surface area contributed by atoms with Gasteiger partial charge in [-0.25, -0.2) is 4.79 Å². The number of piperidine rings is 1. The zero-order valence-electron chi connectivity index (χ0n) is 16.2. The molecule has 142 valence electrons. The number of rotatable bonds is 4. The van der Waals surface area contributed by atoms with Gasteiger partial charge in [0.05, 0.1) is 25.9 Å². The summed E-state index contributed by atoms with van der Waals surface area (Å²) in [7, 11) is 0. The maximum atomic E-state index is 12.0. The van der Waals surface area contributed by atoms with Gasteiger partial charge in [-0.3, -0.25) is 4.90 Å². The summed E-state index contributed by atoms with van der Waals surface area (Å²) in [6, 6.07) is 0. The third-order valence-corrected chi connectivity index (χ3v) is 3.96. The van der Waals surface area contributed by atoms with Crippen LogP contribution < -0.4 is 0 Å². The Balaban J connectivity index is 0.00000139. The fraction of sp³-hybridized carbons (Fsp3) is 0.944. The zero-order chi connectivity index (χ0) is 18.0. The van der Waals surface area contributed by atoms with Crippen LogP contribution in [0.15, 0.2) is 0 Å². The number of amides is 1. The molecule has 24 heavy (non-hydrogen) atoms. The molecule has 0 spiro atoms. The lowest BCUT2D eigenvalue weighted by molar-refractivity contribution is -0.0251. The average molecular weight is 344 g/mol. The number of morpholine rings is 1. The third-order valence-electron chi connectivity index (χ3n) is 3.96. The monoisotopic (exact) mass is 344 g/mol. The van der Waals surface area contributed by atoms with Crippen molar-refractivity contribution in [1.82, 2.24) is 9.80 Å². The van der Waals surface area contributed by atoms with Gasteiger partial charge in [-0.1, -0.05) is 13.8 Å². The Hall–Kier alpha value is -0.850. The number of nitrogens with zero attached hydrogens (tertiary/aromatic N) is 2. The first-order valence-electron chi connectivity index (χ1n) is 9.34. The van der Waals surface area contributed by atoms with Gasteiger partial charge < -0.3 is 19.1 Å². The van der Waals surface area contributed by atoms with Gasteiger partial charge in [0.1, 0.15) is 5.60 Å². The smallest absolute Gasteiger partial charge is 0.410 e. The molecule has 6 heteroatoms. The SMILES string of the molecule is CC.CC(C)(C)OC(=O)N1CCC(OCCN2CCOCC2)CC1. The van der Waals surface area contributed by atoms with Crippen LogP contribution in [-0.4, -0.2) is 80.1 Å². The predicted octanol–water partition coefficient (Wildman–Crippen LogP) is 2.76. The quantitative estimate of drug-likeness (QED) is 0.785. The molecule has 0 saturated carbocycles. The molecule has 0 unspecified atom stereocenters. The Morgan fingerprint density at radius 2 is 1.67 bits per heavy atom. The molecule has 2 aliphatic rings. The van der Waals surface area contributed by atoms with Crippen molar-refractivity contribution in [2.24, 2.45) is 0 Å². The number of hydrogen-bond acceptors (Lipinski definition) is 5. The molecule has 0 N–H and O–H groups in total. The third kappa shape index (κ3) is 8.31. The van der Waals surface area contributed by atoms with Crippen LogP contribution in [0, 0.1) is 0 Å². The molecule has 0 bridgehead atoms. The molecule has 2 aliphatic heterocycles. The molecule has 0 aliphatic carbocycles. The topological polar surface area (TPSA) is 51.2 Å². The van der Waals surface area contributed by atoms with Gasteiger partial charge in [-0.15, -0.1) is 0 Å². The summed E-state index contributed by atoms with van der Waals surface area (Å²) in [5.41, 5.74) is -0.428. The van der Waals surface area contributed by atoms with E-state index in [1.165, 1.54) is 0 Å². The molecule has 0 atom stereocenters. The van der Waals surface area contributed by atoms with Gasteiger partial charge in [0.2, 0.25) is 0 Å². The van der Waals surface area contributed by atoms with E-state index in [2.05, 4.69) is 4.90 Å². The standard InChI is InChI=1S/C16H30N2O4.C2H6/c1-16(2,3)22-15(19)18-6-4-14(5-7-18)21-13-10-17-8-11-20-12-9-17;1-2/h14H,4-13H2,1-3H3;1-2H3. The van der Waals surface area contributed by atoms with Gasteiger partial charge >= 0.3 is 6.09 Å². The average Bonchev–Trinajstić information content (AvgIpc) is 2.57. The summed E-state index contributed by atoms with van der Waals surface area (Å²) < 4.78 is 16.7. The maximum Gasteiger partial charge on any atom is 0.410 e. The maximum absolute atomic E-state index is 12.0. The van der Waals surface area contributed by atoms with Crippen molar-refractivity contribution < 1.29 is 19.0 Å². The van der Waals surface area contributed by atoms with Gasteiger partial charge in [0, 0.05) is 32.7 Å². The first-order chi connectivity index (χ1) is 11.4. The van der Waals surface area contributed by atoms with Crippen molar-refractivity contribution in [3.63, 3.8) is 0 Å². The first kappa shape index (κ1) is 21.2. The minimum absolute atomic E-state index is 0.209. The Bertz CT molecular complexity index is 343. The van der Waals surface area contributed by atoms with Crippen molar-refractivity contribution in [3.8, 4) is 0 Å². The molecule has 6 nitrogen and oxygen atoms in total. The minimum atomic E-state index is -0.428. The molecule has 0 aromatic heterocycles. The lowest BCUT2D eigenvalue weighted by Crippen LogP contribution is -2.44. The molecular weight excluding hydrogens is 308 g/mol. The number of ether oxygens (including phenoxy) is 3. The number of carbonyl (C=O) groups is 1. The Morgan fingerprint density at radius 1 is 1.08 bits per heavy atom. The fourth-order valence-corrected chi connectivity index (χ4v) is 2.70. The van der Waals surface area contributed by atoms with Crippen LogP contribution in [0.3, 0.4) is 0 Å². The lowest BCUT2D eigenvalue weighted by atomic mass is 10.1. The van der Waals surface area contributed by atoms with E-state index in [9.17, 15) is 4.79 Å². The van der Waals surface area contributed by atoms with E-state index >= 15 is 0 Å². The first-order valence-corrected chi connectivity index (χ1v) is 9.34. The predicted molar refractivity (Wildman–Crippen MR) is 95.4 cm³/mol. The summed E-state index contributed by atoms with van der Waals surface area (Å²) in [5.74, 6) is 0. The molecule has 0 radical (unpaired) electrons. The summed E-state index contributed by atoms with van der Waals surface area (Å²) in [6.07, 6.45) is 1.84. The molecule has 2 saturated heterocycles. The second-order valence-electron chi connectivity index (χ2n) is 6.99.